The number of amides is 1. The van der Waals surface area contributed by atoms with E-state index in [1.54, 1.807) is 36.3 Å². The average molecular weight is 397 g/mol. The van der Waals surface area contributed by atoms with Crippen molar-refractivity contribution in [1.29, 1.82) is 0 Å². The fourth-order valence-corrected chi connectivity index (χ4v) is 5.07. The average Bonchev–Trinajstić information content (AvgIpc) is 2.73. The maximum absolute atomic E-state index is 13.0. The lowest BCUT2D eigenvalue weighted by molar-refractivity contribution is -0.159. The Morgan fingerprint density at radius 1 is 1.04 bits per heavy atom. The third-order valence-corrected chi connectivity index (χ3v) is 7.33. The van der Waals surface area contributed by atoms with Gasteiger partial charge < -0.3 is 19.7 Å². The Morgan fingerprint density at radius 2 is 1.63 bits per heavy atom. The van der Waals surface area contributed by atoms with Crippen molar-refractivity contribution in [3.05, 3.63) is 24.3 Å². The minimum absolute atomic E-state index is 0.0343. The van der Waals surface area contributed by atoms with Crippen LogP contribution in [0.25, 0.3) is 0 Å². The van der Waals surface area contributed by atoms with Crippen molar-refractivity contribution in [1.82, 2.24) is 14.5 Å². The molecule has 9 heteroatoms. The molecule has 3 rings (SSSR count). The van der Waals surface area contributed by atoms with Gasteiger partial charge in [0.1, 0.15) is 11.4 Å². The normalized spacial score (nSPS) is 21.0. The lowest BCUT2D eigenvalue weighted by atomic mass is 9.90. The Labute approximate surface area is 160 Å². The zero-order valence-corrected chi connectivity index (χ0v) is 16.6. The molecule has 2 aliphatic rings. The molecule has 2 aliphatic heterocycles. The Balaban J connectivity index is 1.66. The minimum Gasteiger partial charge on any atom is -0.497 e. The summed E-state index contributed by atoms with van der Waals surface area (Å²) in [5.41, 5.74) is -0.789. The Kier molecular flexibility index (Phi) is 6.05. The second kappa shape index (κ2) is 8.14. The SMILES string of the molecule is COc1ccc(S(=O)(=O)N2CCN(C(=O)C3(OC)CCNCC3)CC2)cc1. The van der Waals surface area contributed by atoms with Gasteiger partial charge in [0.25, 0.3) is 5.91 Å². The van der Waals surface area contributed by atoms with E-state index in [4.69, 9.17) is 9.47 Å². The number of benzene rings is 1. The van der Waals surface area contributed by atoms with Gasteiger partial charge in [0.05, 0.1) is 12.0 Å². The van der Waals surface area contributed by atoms with E-state index in [-0.39, 0.29) is 23.9 Å². The number of hydrogen-bond donors (Lipinski definition) is 1. The largest absolute Gasteiger partial charge is 0.497 e. The zero-order valence-electron chi connectivity index (χ0n) is 15.8. The van der Waals surface area contributed by atoms with E-state index >= 15 is 0 Å². The standard InChI is InChI=1S/C18H27N3O5S/c1-25-15-3-5-16(6-4-15)27(23,24)21-13-11-20(12-14-21)17(22)18(26-2)7-9-19-10-8-18/h3-6,19H,7-14H2,1-2H3. The summed E-state index contributed by atoms with van der Waals surface area (Å²) >= 11 is 0. The predicted molar refractivity (Wildman–Crippen MR) is 100 cm³/mol. The van der Waals surface area contributed by atoms with Crippen LogP contribution in [0.15, 0.2) is 29.2 Å². The Hall–Kier alpha value is -1.68. The highest BCUT2D eigenvalue weighted by atomic mass is 32.2. The number of methoxy groups -OCH3 is 2. The number of piperazine rings is 1. The molecule has 0 spiro atoms. The summed E-state index contributed by atoms with van der Waals surface area (Å²) in [4.78, 5) is 15.0. The van der Waals surface area contributed by atoms with Crippen molar-refractivity contribution in [3.63, 3.8) is 0 Å². The van der Waals surface area contributed by atoms with Crippen LogP contribution in [0.4, 0.5) is 0 Å². The molecule has 0 atom stereocenters. The van der Waals surface area contributed by atoms with Crippen LogP contribution in [0.5, 0.6) is 5.75 Å². The first-order valence-electron chi connectivity index (χ1n) is 9.12. The predicted octanol–water partition coefficient (Wildman–Crippen LogP) is 0.297. The fraction of sp³-hybridized carbons (Fsp3) is 0.611. The van der Waals surface area contributed by atoms with Gasteiger partial charge in [-0.3, -0.25) is 4.79 Å². The molecule has 0 bridgehead atoms. The molecule has 1 aromatic carbocycles. The van der Waals surface area contributed by atoms with Crippen LogP contribution in [0.1, 0.15) is 12.8 Å². The molecule has 8 nitrogen and oxygen atoms in total. The molecular weight excluding hydrogens is 370 g/mol. The topological polar surface area (TPSA) is 88.2 Å². The van der Waals surface area contributed by atoms with Crippen molar-refractivity contribution in [3.8, 4) is 5.75 Å². The van der Waals surface area contributed by atoms with Crippen molar-refractivity contribution in [2.75, 3.05) is 53.5 Å². The summed E-state index contributed by atoms with van der Waals surface area (Å²) in [7, 11) is -0.470. The van der Waals surface area contributed by atoms with Crippen LogP contribution >= 0.6 is 0 Å². The number of nitrogens with zero attached hydrogens (tertiary/aromatic N) is 2. The van der Waals surface area contributed by atoms with Crippen molar-refractivity contribution < 1.29 is 22.7 Å². The molecule has 0 saturated carbocycles. The summed E-state index contributed by atoms with van der Waals surface area (Å²) in [6, 6.07) is 6.35. The molecule has 2 fully saturated rings. The van der Waals surface area contributed by atoms with Gasteiger partial charge in [-0.2, -0.15) is 4.31 Å². The molecule has 2 saturated heterocycles. The van der Waals surface area contributed by atoms with Gasteiger partial charge >= 0.3 is 0 Å². The first kappa shape index (κ1) is 20.1. The quantitative estimate of drug-likeness (QED) is 0.769. The summed E-state index contributed by atoms with van der Waals surface area (Å²) in [5.74, 6) is 0.573. The molecule has 2 heterocycles. The van der Waals surface area contributed by atoms with Crippen LogP contribution in [0.3, 0.4) is 0 Å². The lowest BCUT2D eigenvalue weighted by Crippen LogP contribution is -2.59. The minimum atomic E-state index is -3.58. The molecular formula is C18H27N3O5S. The monoisotopic (exact) mass is 397 g/mol. The molecule has 0 unspecified atom stereocenters. The Bertz CT molecular complexity index is 752. The molecule has 1 aromatic rings. The van der Waals surface area contributed by atoms with E-state index < -0.39 is 15.6 Å². The van der Waals surface area contributed by atoms with Gasteiger partial charge in [0.2, 0.25) is 10.0 Å². The summed E-state index contributed by atoms with van der Waals surface area (Å²) in [6.07, 6.45) is 1.26. The van der Waals surface area contributed by atoms with Crippen LogP contribution < -0.4 is 10.1 Å². The number of nitrogens with one attached hydrogen (secondary N) is 1. The number of hydrogen-bond acceptors (Lipinski definition) is 6. The van der Waals surface area contributed by atoms with Gasteiger partial charge in [0.15, 0.2) is 0 Å². The third kappa shape index (κ3) is 3.96. The van der Waals surface area contributed by atoms with E-state index in [0.717, 1.165) is 13.1 Å². The van der Waals surface area contributed by atoms with Gasteiger partial charge in [-0.15, -0.1) is 0 Å². The highest BCUT2D eigenvalue weighted by Gasteiger charge is 2.43. The molecule has 0 radical (unpaired) electrons. The van der Waals surface area contributed by atoms with E-state index in [1.807, 2.05) is 0 Å². The number of carbonyl (C=O) groups is 1. The van der Waals surface area contributed by atoms with E-state index in [0.29, 0.717) is 31.7 Å². The highest BCUT2D eigenvalue weighted by Crippen LogP contribution is 2.27. The van der Waals surface area contributed by atoms with E-state index in [1.165, 1.54) is 11.4 Å². The maximum atomic E-state index is 13.0. The van der Waals surface area contributed by atoms with Crippen LogP contribution in [-0.4, -0.2) is 82.6 Å². The maximum Gasteiger partial charge on any atom is 0.254 e. The lowest BCUT2D eigenvalue weighted by Gasteiger charge is -2.41. The number of piperidine rings is 1. The third-order valence-electron chi connectivity index (χ3n) is 5.41. The molecule has 0 aromatic heterocycles. The number of sulfonamides is 1. The second-order valence-electron chi connectivity index (χ2n) is 6.82. The molecule has 1 amide bonds. The van der Waals surface area contributed by atoms with Crippen molar-refractivity contribution in [2.24, 2.45) is 0 Å². The first-order valence-corrected chi connectivity index (χ1v) is 10.6. The highest BCUT2D eigenvalue weighted by molar-refractivity contribution is 7.89. The number of carbonyl (C=O) groups excluding carboxylic acids is 1. The van der Waals surface area contributed by atoms with Gasteiger partial charge in [-0.1, -0.05) is 0 Å². The Morgan fingerprint density at radius 3 is 2.15 bits per heavy atom. The summed E-state index contributed by atoms with van der Waals surface area (Å²) < 4.78 is 37.8. The molecule has 0 aliphatic carbocycles. The smallest absolute Gasteiger partial charge is 0.254 e. The molecule has 27 heavy (non-hydrogen) atoms. The molecule has 1 N–H and O–H groups in total. The van der Waals surface area contributed by atoms with Crippen molar-refractivity contribution in [2.45, 2.75) is 23.3 Å². The van der Waals surface area contributed by atoms with Gasteiger partial charge in [-0.25, -0.2) is 8.42 Å². The van der Waals surface area contributed by atoms with Gasteiger partial charge in [-0.05, 0) is 50.2 Å². The summed E-state index contributed by atoms with van der Waals surface area (Å²) in [5, 5.41) is 3.24. The van der Waals surface area contributed by atoms with Crippen LogP contribution in [0, 0.1) is 0 Å². The summed E-state index contributed by atoms with van der Waals surface area (Å²) in [6.45, 7) is 2.77. The van der Waals surface area contributed by atoms with Gasteiger partial charge in [0, 0.05) is 33.3 Å². The molecule has 150 valence electrons. The fourth-order valence-electron chi connectivity index (χ4n) is 3.65. The van der Waals surface area contributed by atoms with Crippen LogP contribution in [-0.2, 0) is 19.6 Å². The first-order chi connectivity index (χ1) is 12.9. The van der Waals surface area contributed by atoms with Crippen molar-refractivity contribution >= 4 is 15.9 Å². The van der Waals surface area contributed by atoms with Crippen LogP contribution in [0.2, 0.25) is 0 Å². The van der Waals surface area contributed by atoms with E-state index in [9.17, 15) is 13.2 Å². The second-order valence-corrected chi connectivity index (χ2v) is 8.76. The number of rotatable bonds is 5. The van der Waals surface area contributed by atoms with E-state index in [2.05, 4.69) is 5.32 Å². The number of ether oxygens (including phenoxy) is 2. The zero-order chi connectivity index (χ0) is 19.5.